The highest BCUT2D eigenvalue weighted by molar-refractivity contribution is 5.89. The molecular weight excluding hydrogens is 218 g/mol. The van der Waals surface area contributed by atoms with E-state index in [0.717, 1.165) is 30.8 Å². The van der Waals surface area contributed by atoms with Crippen LogP contribution >= 0.6 is 0 Å². The van der Waals surface area contributed by atoms with Crippen molar-refractivity contribution in [2.75, 3.05) is 26.8 Å². The minimum Gasteiger partial charge on any atom is -0.465 e. The molecule has 0 aromatic heterocycles. The first-order valence-corrected chi connectivity index (χ1v) is 5.73. The van der Waals surface area contributed by atoms with Gasteiger partial charge >= 0.3 is 5.97 Å². The molecule has 0 radical (unpaired) electrons. The summed E-state index contributed by atoms with van der Waals surface area (Å²) in [7, 11) is 1.39. The van der Waals surface area contributed by atoms with Crippen molar-refractivity contribution in [1.29, 1.82) is 0 Å². The van der Waals surface area contributed by atoms with Crippen LogP contribution in [-0.2, 0) is 9.47 Å². The van der Waals surface area contributed by atoms with Crippen molar-refractivity contribution in [1.82, 2.24) is 5.32 Å². The Kier molecular flexibility index (Phi) is 3.76. The van der Waals surface area contributed by atoms with Gasteiger partial charge in [0.25, 0.3) is 0 Å². The van der Waals surface area contributed by atoms with E-state index in [1.54, 1.807) is 6.07 Å². The number of rotatable bonds is 2. The van der Waals surface area contributed by atoms with E-state index in [9.17, 15) is 4.79 Å². The van der Waals surface area contributed by atoms with Crippen LogP contribution in [0.3, 0.4) is 0 Å². The quantitative estimate of drug-likeness (QED) is 0.788. The molecule has 4 heteroatoms. The van der Waals surface area contributed by atoms with Crippen molar-refractivity contribution < 1.29 is 14.3 Å². The molecule has 1 fully saturated rings. The fourth-order valence-electron chi connectivity index (χ4n) is 2.05. The lowest BCUT2D eigenvalue weighted by Crippen LogP contribution is -2.33. The molecule has 1 aromatic carbocycles. The molecule has 17 heavy (non-hydrogen) atoms. The third-order valence-corrected chi connectivity index (χ3v) is 2.97. The second-order valence-electron chi connectivity index (χ2n) is 4.13. The zero-order chi connectivity index (χ0) is 12.3. The van der Waals surface area contributed by atoms with Crippen molar-refractivity contribution >= 4 is 5.97 Å². The van der Waals surface area contributed by atoms with Gasteiger partial charge in [0, 0.05) is 13.1 Å². The zero-order valence-corrected chi connectivity index (χ0v) is 10.2. The molecule has 2 rings (SSSR count). The van der Waals surface area contributed by atoms with Gasteiger partial charge in [-0.1, -0.05) is 6.07 Å². The van der Waals surface area contributed by atoms with Crippen LogP contribution < -0.4 is 5.32 Å². The van der Waals surface area contributed by atoms with E-state index < -0.39 is 0 Å². The van der Waals surface area contributed by atoms with Gasteiger partial charge in [-0.3, -0.25) is 0 Å². The zero-order valence-electron chi connectivity index (χ0n) is 10.2. The van der Waals surface area contributed by atoms with E-state index in [-0.39, 0.29) is 12.1 Å². The van der Waals surface area contributed by atoms with Crippen LogP contribution in [0.25, 0.3) is 0 Å². The van der Waals surface area contributed by atoms with Crippen LogP contribution in [0, 0.1) is 6.92 Å². The highest BCUT2D eigenvalue weighted by Crippen LogP contribution is 2.23. The summed E-state index contributed by atoms with van der Waals surface area (Å²) in [5, 5.41) is 3.29. The van der Waals surface area contributed by atoms with E-state index in [1.807, 2.05) is 19.1 Å². The fourth-order valence-corrected chi connectivity index (χ4v) is 2.05. The molecule has 1 N–H and O–H groups in total. The average Bonchev–Trinajstić information content (AvgIpc) is 2.38. The molecule has 0 spiro atoms. The summed E-state index contributed by atoms with van der Waals surface area (Å²) in [5.41, 5.74) is 2.77. The topological polar surface area (TPSA) is 47.6 Å². The molecule has 92 valence electrons. The van der Waals surface area contributed by atoms with Crippen LogP contribution in [0.1, 0.15) is 27.6 Å². The molecule has 1 aliphatic heterocycles. The van der Waals surface area contributed by atoms with Crippen LogP contribution in [-0.4, -0.2) is 32.8 Å². The lowest BCUT2D eigenvalue weighted by Gasteiger charge is -2.25. The standard InChI is InChI=1S/C13H17NO3/c1-9-7-10(13(15)16-2)3-4-11(9)12-8-14-5-6-17-12/h3-4,7,12,14H,5-6,8H2,1-2H3/t12-/m1/s1. The summed E-state index contributed by atoms with van der Waals surface area (Å²) < 4.78 is 10.4. The average molecular weight is 235 g/mol. The van der Waals surface area contributed by atoms with Crippen LogP contribution in [0.15, 0.2) is 18.2 Å². The molecule has 1 aromatic rings. The molecule has 1 aliphatic rings. The number of methoxy groups -OCH3 is 1. The van der Waals surface area contributed by atoms with Gasteiger partial charge in [-0.05, 0) is 30.2 Å². The second kappa shape index (κ2) is 5.29. The van der Waals surface area contributed by atoms with Crippen molar-refractivity contribution in [2.24, 2.45) is 0 Å². The van der Waals surface area contributed by atoms with E-state index in [4.69, 9.17) is 9.47 Å². The lowest BCUT2D eigenvalue weighted by molar-refractivity contribution is 0.0273. The SMILES string of the molecule is COC(=O)c1ccc([C@H]2CNCCO2)c(C)c1. The Bertz CT molecular complexity index is 411. The fraction of sp³-hybridized carbons (Fsp3) is 0.462. The largest absolute Gasteiger partial charge is 0.465 e. The van der Waals surface area contributed by atoms with Crippen molar-refractivity contribution in [3.05, 3.63) is 34.9 Å². The third kappa shape index (κ3) is 2.65. The molecule has 1 heterocycles. The monoisotopic (exact) mass is 235 g/mol. The number of nitrogens with one attached hydrogen (secondary N) is 1. The Morgan fingerprint density at radius 2 is 2.35 bits per heavy atom. The van der Waals surface area contributed by atoms with Gasteiger partial charge in [-0.25, -0.2) is 4.79 Å². The molecule has 0 saturated carbocycles. The van der Waals surface area contributed by atoms with Gasteiger partial charge in [0.2, 0.25) is 0 Å². The number of benzene rings is 1. The summed E-state index contributed by atoms with van der Waals surface area (Å²) in [4.78, 5) is 11.4. The van der Waals surface area contributed by atoms with Gasteiger partial charge in [0.05, 0.1) is 25.4 Å². The summed E-state index contributed by atoms with van der Waals surface area (Å²) in [5.74, 6) is -0.303. The maximum atomic E-state index is 11.4. The summed E-state index contributed by atoms with van der Waals surface area (Å²) >= 11 is 0. The summed E-state index contributed by atoms with van der Waals surface area (Å²) in [6, 6.07) is 5.57. The predicted molar refractivity (Wildman–Crippen MR) is 64.1 cm³/mol. The highest BCUT2D eigenvalue weighted by Gasteiger charge is 2.18. The maximum absolute atomic E-state index is 11.4. The number of hydrogen-bond acceptors (Lipinski definition) is 4. The van der Waals surface area contributed by atoms with E-state index in [1.165, 1.54) is 7.11 Å². The van der Waals surface area contributed by atoms with Crippen molar-refractivity contribution in [3.63, 3.8) is 0 Å². The van der Waals surface area contributed by atoms with Crippen LogP contribution in [0.2, 0.25) is 0 Å². The number of esters is 1. The molecule has 0 unspecified atom stereocenters. The van der Waals surface area contributed by atoms with Gasteiger partial charge in [-0.2, -0.15) is 0 Å². The minimum atomic E-state index is -0.303. The number of carbonyl (C=O) groups is 1. The maximum Gasteiger partial charge on any atom is 0.337 e. The van der Waals surface area contributed by atoms with Gasteiger partial charge in [-0.15, -0.1) is 0 Å². The number of ether oxygens (including phenoxy) is 2. The van der Waals surface area contributed by atoms with Crippen molar-refractivity contribution in [2.45, 2.75) is 13.0 Å². The van der Waals surface area contributed by atoms with E-state index in [0.29, 0.717) is 5.56 Å². The Labute approximate surface area is 101 Å². The molecule has 0 bridgehead atoms. The van der Waals surface area contributed by atoms with Gasteiger partial charge in [0.1, 0.15) is 0 Å². The van der Waals surface area contributed by atoms with Crippen molar-refractivity contribution in [3.8, 4) is 0 Å². The van der Waals surface area contributed by atoms with Crippen LogP contribution in [0.4, 0.5) is 0 Å². The molecule has 4 nitrogen and oxygen atoms in total. The first-order chi connectivity index (χ1) is 8.22. The summed E-state index contributed by atoms with van der Waals surface area (Å²) in [6.07, 6.45) is 0.0791. The number of hydrogen-bond donors (Lipinski definition) is 1. The van der Waals surface area contributed by atoms with Gasteiger partial charge < -0.3 is 14.8 Å². The minimum absolute atomic E-state index is 0.0791. The first kappa shape index (κ1) is 12.1. The third-order valence-electron chi connectivity index (χ3n) is 2.97. The number of aryl methyl sites for hydroxylation is 1. The number of carbonyl (C=O) groups excluding carboxylic acids is 1. The van der Waals surface area contributed by atoms with Crippen LogP contribution in [0.5, 0.6) is 0 Å². The summed E-state index contributed by atoms with van der Waals surface area (Å²) in [6.45, 7) is 4.43. The Balaban J connectivity index is 2.21. The molecule has 0 amide bonds. The van der Waals surface area contributed by atoms with E-state index >= 15 is 0 Å². The first-order valence-electron chi connectivity index (χ1n) is 5.73. The van der Waals surface area contributed by atoms with Gasteiger partial charge in [0.15, 0.2) is 0 Å². The Morgan fingerprint density at radius 1 is 1.53 bits per heavy atom. The Morgan fingerprint density at radius 3 is 2.94 bits per heavy atom. The molecule has 0 aliphatic carbocycles. The number of morpholine rings is 1. The lowest BCUT2D eigenvalue weighted by atomic mass is 10.00. The molecule has 1 atom stereocenters. The molecule has 1 saturated heterocycles. The Hall–Kier alpha value is -1.39. The predicted octanol–water partition coefficient (Wildman–Crippen LogP) is 1.44. The smallest absolute Gasteiger partial charge is 0.337 e. The van der Waals surface area contributed by atoms with E-state index in [2.05, 4.69) is 5.32 Å². The second-order valence-corrected chi connectivity index (χ2v) is 4.13. The normalized spacial score (nSPS) is 20.0. The highest BCUT2D eigenvalue weighted by atomic mass is 16.5. The molecular formula is C13H17NO3.